The van der Waals surface area contributed by atoms with Gasteiger partial charge in [0, 0.05) is 30.2 Å². The summed E-state index contributed by atoms with van der Waals surface area (Å²) >= 11 is 0. The number of carbonyl (C=O) groups is 1. The molecule has 4 heteroatoms. The second-order valence-corrected chi connectivity index (χ2v) is 3.99. The first-order chi connectivity index (χ1) is 8.65. The van der Waals surface area contributed by atoms with Gasteiger partial charge in [-0.3, -0.25) is 9.78 Å². The fourth-order valence-electron chi connectivity index (χ4n) is 1.60. The molecule has 92 valence electrons. The minimum atomic E-state index is -0.417. The number of carbonyl (C=O) groups excluding carboxylic acids is 1. The van der Waals surface area contributed by atoms with Gasteiger partial charge in [0.2, 0.25) is 0 Å². The summed E-state index contributed by atoms with van der Waals surface area (Å²) < 4.78 is 13.3. The smallest absolute Gasteiger partial charge is 0.159 e. The zero-order chi connectivity index (χ0) is 13.0. The number of benzene rings is 1. The van der Waals surface area contributed by atoms with Crippen molar-refractivity contribution < 1.29 is 9.18 Å². The molecule has 0 atom stereocenters. The van der Waals surface area contributed by atoms with Crippen LogP contribution in [0.3, 0.4) is 0 Å². The molecule has 18 heavy (non-hydrogen) atoms. The number of nitrogens with zero attached hydrogens (tertiary/aromatic N) is 1. The number of Topliss-reactive ketones (excluding diaryl/α,β-unsaturated/α-hetero) is 1. The molecule has 3 nitrogen and oxygen atoms in total. The number of rotatable bonds is 4. The minimum absolute atomic E-state index is 0.151. The molecule has 0 saturated carbocycles. The largest absolute Gasteiger partial charge is 0.381 e. The van der Waals surface area contributed by atoms with Gasteiger partial charge in [0.25, 0.3) is 0 Å². The highest BCUT2D eigenvalue weighted by Gasteiger charge is 2.04. The zero-order valence-electron chi connectivity index (χ0n) is 9.98. The number of halogens is 1. The van der Waals surface area contributed by atoms with Crippen LogP contribution in [-0.2, 0) is 6.54 Å². The van der Waals surface area contributed by atoms with E-state index in [1.54, 1.807) is 18.5 Å². The molecule has 0 aliphatic heterocycles. The molecule has 0 spiro atoms. The molecule has 1 aromatic carbocycles. The fourth-order valence-corrected chi connectivity index (χ4v) is 1.60. The molecule has 0 fully saturated rings. The molecule has 1 heterocycles. The zero-order valence-corrected chi connectivity index (χ0v) is 9.98. The summed E-state index contributed by atoms with van der Waals surface area (Å²) in [5.41, 5.74) is 2.00. The van der Waals surface area contributed by atoms with Crippen LogP contribution in [0, 0.1) is 5.82 Å². The Kier molecular flexibility index (Phi) is 3.67. The van der Waals surface area contributed by atoms with Crippen LogP contribution in [-0.4, -0.2) is 10.8 Å². The van der Waals surface area contributed by atoms with E-state index in [0.29, 0.717) is 17.8 Å². The lowest BCUT2D eigenvalue weighted by atomic mass is 10.1. The number of aromatic nitrogens is 1. The first-order valence-corrected chi connectivity index (χ1v) is 5.59. The molecule has 0 aliphatic rings. The van der Waals surface area contributed by atoms with E-state index in [-0.39, 0.29) is 5.78 Å². The van der Waals surface area contributed by atoms with Gasteiger partial charge in [0.15, 0.2) is 5.78 Å². The van der Waals surface area contributed by atoms with E-state index < -0.39 is 5.82 Å². The highest BCUT2D eigenvalue weighted by Crippen LogP contribution is 2.15. The normalized spacial score (nSPS) is 10.1. The minimum Gasteiger partial charge on any atom is -0.381 e. The van der Waals surface area contributed by atoms with Crippen LogP contribution >= 0.6 is 0 Å². The van der Waals surface area contributed by atoms with Gasteiger partial charge in [-0.15, -0.1) is 0 Å². The van der Waals surface area contributed by atoms with Crippen LogP contribution in [0.1, 0.15) is 22.8 Å². The summed E-state index contributed by atoms with van der Waals surface area (Å²) in [5, 5.41) is 3.08. The highest BCUT2D eigenvalue weighted by molar-refractivity contribution is 5.94. The topological polar surface area (TPSA) is 42.0 Å². The highest BCUT2D eigenvalue weighted by atomic mass is 19.1. The van der Waals surface area contributed by atoms with E-state index in [1.165, 1.54) is 19.1 Å². The van der Waals surface area contributed by atoms with E-state index in [0.717, 1.165) is 5.56 Å². The van der Waals surface area contributed by atoms with Gasteiger partial charge in [-0.25, -0.2) is 4.39 Å². The maximum Gasteiger partial charge on any atom is 0.159 e. The van der Waals surface area contributed by atoms with E-state index in [4.69, 9.17) is 0 Å². The maximum atomic E-state index is 13.3. The molecule has 0 amide bonds. The Morgan fingerprint density at radius 3 is 2.67 bits per heavy atom. The second-order valence-electron chi connectivity index (χ2n) is 3.99. The predicted octanol–water partition coefficient (Wildman–Crippen LogP) is 3.04. The summed E-state index contributed by atoms with van der Waals surface area (Å²) in [5.74, 6) is -0.568. The number of ketones is 1. The third-order valence-corrected chi connectivity index (χ3v) is 2.55. The number of pyridine rings is 1. The number of nitrogens with one attached hydrogen (secondary N) is 1. The van der Waals surface area contributed by atoms with Crippen molar-refractivity contribution in [3.63, 3.8) is 0 Å². The van der Waals surface area contributed by atoms with Crippen molar-refractivity contribution in [1.82, 2.24) is 4.98 Å². The molecule has 0 radical (unpaired) electrons. The third kappa shape index (κ3) is 3.13. The van der Waals surface area contributed by atoms with Crippen LogP contribution < -0.4 is 5.32 Å². The van der Waals surface area contributed by atoms with Crippen molar-refractivity contribution in [2.45, 2.75) is 13.5 Å². The van der Waals surface area contributed by atoms with Crippen molar-refractivity contribution >= 4 is 11.5 Å². The quantitative estimate of drug-likeness (QED) is 0.840. The van der Waals surface area contributed by atoms with Crippen molar-refractivity contribution in [2.24, 2.45) is 0 Å². The fraction of sp³-hybridized carbons (Fsp3) is 0.143. The SMILES string of the molecule is CC(=O)c1cc(F)cc(NCc2ccncc2)c1. The van der Waals surface area contributed by atoms with E-state index in [1.807, 2.05) is 12.1 Å². The Hall–Kier alpha value is -2.23. The number of hydrogen-bond donors (Lipinski definition) is 1. The lowest BCUT2D eigenvalue weighted by Gasteiger charge is -2.08. The van der Waals surface area contributed by atoms with E-state index >= 15 is 0 Å². The average molecular weight is 244 g/mol. The van der Waals surface area contributed by atoms with Gasteiger partial charge in [0.1, 0.15) is 5.82 Å². The predicted molar refractivity (Wildman–Crippen MR) is 68.0 cm³/mol. The van der Waals surface area contributed by atoms with Crippen LogP contribution in [0.2, 0.25) is 0 Å². The average Bonchev–Trinajstić information content (AvgIpc) is 2.37. The van der Waals surface area contributed by atoms with Crippen LogP contribution in [0.25, 0.3) is 0 Å². The van der Waals surface area contributed by atoms with Crippen molar-refractivity contribution in [3.05, 3.63) is 59.7 Å². The molecule has 1 N–H and O–H groups in total. The van der Waals surface area contributed by atoms with Crippen molar-refractivity contribution in [1.29, 1.82) is 0 Å². The van der Waals surface area contributed by atoms with Gasteiger partial charge in [-0.2, -0.15) is 0 Å². The standard InChI is InChI=1S/C14H13FN2O/c1-10(18)12-6-13(15)8-14(7-12)17-9-11-2-4-16-5-3-11/h2-8,17H,9H2,1H3. The molecular formula is C14H13FN2O. The Labute approximate surface area is 105 Å². The summed E-state index contributed by atoms with van der Waals surface area (Å²) in [7, 11) is 0. The summed E-state index contributed by atoms with van der Waals surface area (Å²) in [4.78, 5) is 15.1. The molecule has 2 rings (SSSR count). The van der Waals surface area contributed by atoms with E-state index in [2.05, 4.69) is 10.3 Å². The first kappa shape index (κ1) is 12.2. The van der Waals surface area contributed by atoms with Gasteiger partial charge >= 0.3 is 0 Å². The molecule has 0 aliphatic carbocycles. The monoisotopic (exact) mass is 244 g/mol. The molecular weight excluding hydrogens is 231 g/mol. The second kappa shape index (κ2) is 5.40. The van der Waals surface area contributed by atoms with Crippen molar-refractivity contribution in [2.75, 3.05) is 5.32 Å². The maximum absolute atomic E-state index is 13.3. The summed E-state index contributed by atoms with van der Waals surface area (Å²) in [6.45, 7) is 1.98. The number of anilines is 1. The van der Waals surface area contributed by atoms with Gasteiger partial charge in [-0.1, -0.05) is 0 Å². The molecule has 2 aromatic rings. The van der Waals surface area contributed by atoms with Crippen LogP contribution in [0.15, 0.2) is 42.7 Å². The Morgan fingerprint density at radius 2 is 2.00 bits per heavy atom. The van der Waals surface area contributed by atoms with E-state index in [9.17, 15) is 9.18 Å². The first-order valence-electron chi connectivity index (χ1n) is 5.59. The van der Waals surface area contributed by atoms with Gasteiger partial charge < -0.3 is 5.32 Å². The third-order valence-electron chi connectivity index (χ3n) is 2.55. The molecule has 1 aromatic heterocycles. The van der Waals surface area contributed by atoms with Crippen LogP contribution in [0.5, 0.6) is 0 Å². The Balaban J connectivity index is 2.12. The lowest BCUT2D eigenvalue weighted by molar-refractivity contribution is 0.101. The molecule has 0 saturated heterocycles. The van der Waals surface area contributed by atoms with Crippen molar-refractivity contribution in [3.8, 4) is 0 Å². The van der Waals surface area contributed by atoms with Gasteiger partial charge in [-0.05, 0) is 42.8 Å². The summed E-state index contributed by atoms with van der Waals surface area (Å²) in [6, 6.07) is 8.00. The summed E-state index contributed by atoms with van der Waals surface area (Å²) in [6.07, 6.45) is 3.40. The van der Waals surface area contributed by atoms with Gasteiger partial charge in [0.05, 0.1) is 0 Å². The lowest BCUT2D eigenvalue weighted by Crippen LogP contribution is -2.02. The number of hydrogen-bond acceptors (Lipinski definition) is 3. The molecule has 0 bridgehead atoms. The molecule has 0 unspecified atom stereocenters. The Bertz CT molecular complexity index is 555. The Morgan fingerprint density at radius 1 is 1.28 bits per heavy atom. The van der Waals surface area contributed by atoms with Crippen LogP contribution in [0.4, 0.5) is 10.1 Å².